The minimum absolute atomic E-state index is 0.154. The molecule has 0 spiro atoms. The Bertz CT molecular complexity index is 942. The smallest absolute Gasteiger partial charge is 0.367 e. The van der Waals surface area contributed by atoms with Gasteiger partial charge in [-0.25, -0.2) is 13.6 Å². The molecule has 0 heterocycles. The number of primary sulfonamides is 1. The zero-order chi connectivity index (χ0) is 20.9. The number of hydrogen-bond acceptors (Lipinski definition) is 4. The molecule has 0 atom stereocenters. The summed E-state index contributed by atoms with van der Waals surface area (Å²) in [4.78, 5) is 12.2. The van der Waals surface area contributed by atoms with Crippen molar-refractivity contribution >= 4 is 15.9 Å². The van der Waals surface area contributed by atoms with E-state index in [-0.39, 0.29) is 23.6 Å². The molecule has 28 heavy (non-hydrogen) atoms. The van der Waals surface area contributed by atoms with Crippen LogP contribution in [0.15, 0.2) is 47.4 Å². The number of carbonyl (C=O) groups excluding carboxylic acids is 1. The van der Waals surface area contributed by atoms with Crippen LogP contribution in [0.4, 0.5) is 13.2 Å². The number of carbonyl (C=O) groups is 1. The molecule has 0 fully saturated rings. The van der Waals surface area contributed by atoms with Gasteiger partial charge in [-0.2, -0.15) is 13.2 Å². The largest absolute Gasteiger partial charge is 0.411 e. The third kappa shape index (κ3) is 6.63. The monoisotopic (exact) mass is 416 g/mol. The Morgan fingerprint density at radius 2 is 1.71 bits per heavy atom. The first kappa shape index (κ1) is 21.9. The van der Waals surface area contributed by atoms with Gasteiger partial charge in [-0.05, 0) is 35.7 Å². The lowest BCUT2D eigenvalue weighted by molar-refractivity contribution is -0.176. The highest BCUT2D eigenvalue weighted by Crippen LogP contribution is 2.16. The molecule has 0 aromatic heterocycles. The lowest BCUT2D eigenvalue weighted by atomic mass is 10.1. The Balaban J connectivity index is 1.96. The van der Waals surface area contributed by atoms with Gasteiger partial charge in [-0.3, -0.25) is 4.79 Å². The second kappa shape index (κ2) is 8.72. The first-order valence-electron chi connectivity index (χ1n) is 8.10. The molecule has 0 aliphatic rings. The van der Waals surface area contributed by atoms with Gasteiger partial charge in [0.05, 0.1) is 11.5 Å². The van der Waals surface area contributed by atoms with E-state index in [1.165, 1.54) is 18.2 Å². The molecule has 152 valence electrons. The summed E-state index contributed by atoms with van der Waals surface area (Å²) in [5.41, 5.74) is 2.05. The van der Waals surface area contributed by atoms with Gasteiger partial charge in [0, 0.05) is 12.1 Å². The van der Waals surface area contributed by atoms with Gasteiger partial charge in [0.25, 0.3) is 5.91 Å². The number of nitrogens with two attached hydrogens (primary N) is 1. The Morgan fingerprint density at radius 1 is 1.11 bits per heavy atom. The minimum atomic E-state index is -4.37. The van der Waals surface area contributed by atoms with Gasteiger partial charge < -0.3 is 10.1 Å². The van der Waals surface area contributed by atoms with Gasteiger partial charge in [0.1, 0.15) is 6.61 Å². The normalized spacial score (nSPS) is 12.0. The first-order chi connectivity index (χ1) is 13.0. The third-order valence-electron chi connectivity index (χ3n) is 3.79. The van der Waals surface area contributed by atoms with Gasteiger partial charge in [0.2, 0.25) is 10.0 Å². The summed E-state index contributed by atoms with van der Waals surface area (Å²) in [6.07, 6.45) is -4.37. The van der Waals surface area contributed by atoms with Crippen LogP contribution in [0.2, 0.25) is 0 Å². The number of amides is 1. The van der Waals surface area contributed by atoms with Crippen molar-refractivity contribution in [2.45, 2.75) is 31.1 Å². The zero-order valence-corrected chi connectivity index (χ0v) is 15.7. The van der Waals surface area contributed by atoms with Crippen LogP contribution in [0, 0.1) is 6.92 Å². The number of nitrogens with one attached hydrogen (secondary N) is 1. The standard InChI is InChI=1S/C18H19F3N2O4S/c1-12-2-7-15(28(22,25)26)8-16(12)17(24)23-9-13-3-5-14(6-4-13)10-27-11-18(19,20)21/h2-8H,9-11H2,1H3,(H,23,24)(H2,22,25,26). The van der Waals surface area contributed by atoms with E-state index in [0.717, 1.165) is 0 Å². The highest BCUT2D eigenvalue weighted by molar-refractivity contribution is 7.89. The van der Waals surface area contributed by atoms with Crippen molar-refractivity contribution in [3.8, 4) is 0 Å². The SMILES string of the molecule is Cc1ccc(S(N)(=O)=O)cc1C(=O)NCc1ccc(COCC(F)(F)F)cc1. The van der Waals surface area contributed by atoms with E-state index in [9.17, 15) is 26.4 Å². The maximum absolute atomic E-state index is 12.3. The minimum Gasteiger partial charge on any atom is -0.367 e. The maximum Gasteiger partial charge on any atom is 0.411 e. The average Bonchev–Trinajstić information content (AvgIpc) is 2.59. The number of sulfonamides is 1. The lowest BCUT2D eigenvalue weighted by Gasteiger charge is -2.10. The molecule has 0 saturated carbocycles. The summed E-state index contributed by atoms with van der Waals surface area (Å²) < 4.78 is 63.6. The molecular weight excluding hydrogens is 397 g/mol. The number of rotatable bonds is 7. The van der Waals surface area contributed by atoms with Crippen LogP contribution in [-0.2, 0) is 27.9 Å². The number of aryl methyl sites for hydroxylation is 1. The van der Waals surface area contributed by atoms with E-state index in [0.29, 0.717) is 16.7 Å². The fourth-order valence-corrected chi connectivity index (χ4v) is 2.88. The van der Waals surface area contributed by atoms with Gasteiger partial charge in [-0.15, -0.1) is 0 Å². The number of benzene rings is 2. The summed E-state index contributed by atoms with van der Waals surface area (Å²) in [7, 11) is -3.93. The van der Waals surface area contributed by atoms with Crippen molar-refractivity contribution in [2.24, 2.45) is 5.14 Å². The molecule has 10 heteroatoms. The first-order valence-corrected chi connectivity index (χ1v) is 9.64. The highest BCUT2D eigenvalue weighted by atomic mass is 32.2. The molecule has 1 amide bonds. The summed E-state index contributed by atoms with van der Waals surface area (Å²) in [6, 6.07) is 10.5. The van der Waals surface area contributed by atoms with E-state index in [2.05, 4.69) is 10.1 Å². The molecule has 0 saturated heterocycles. The number of alkyl halides is 3. The summed E-state index contributed by atoms with van der Waals surface area (Å²) in [5, 5.41) is 7.74. The van der Waals surface area contributed by atoms with Crippen LogP contribution in [0.1, 0.15) is 27.0 Å². The van der Waals surface area contributed by atoms with E-state index in [1.54, 1.807) is 31.2 Å². The molecule has 0 unspecified atom stereocenters. The van der Waals surface area contributed by atoms with Crippen molar-refractivity contribution in [1.29, 1.82) is 0 Å². The van der Waals surface area contributed by atoms with Crippen molar-refractivity contribution in [3.63, 3.8) is 0 Å². The zero-order valence-electron chi connectivity index (χ0n) is 14.9. The summed E-state index contributed by atoms with van der Waals surface area (Å²) in [6.45, 7) is 0.326. The summed E-state index contributed by atoms with van der Waals surface area (Å²) in [5.74, 6) is -0.472. The van der Waals surface area contributed by atoms with Crippen LogP contribution >= 0.6 is 0 Å². The molecule has 0 radical (unpaired) electrons. The fourth-order valence-electron chi connectivity index (χ4n) is 2.34. The predicted octanol–water partition coefficient (Wildman–Crippen LogP) is 2.65. The molecule has 2 aromatic carbocycles. The fraction of sp³-hybridized carbons (Fsp3) is 0.278. The van der Waals surface area contributed by atoms with Crippen molar-refractivity contribution in [1.82, 2.24) is 5.32 Å². The number of ether oxygens (including phenoxy) is 1. The second-order valence-electron chi connectivity index (χ2n) is 6.13. The van der Waals surface area contributed by atoms with Crippen LogP contribution in [-0.4, -0.2) is 27.1 Å². The molecule has 2 aromatic rings. The van der Waals surface area contributed by atoms with Gasteiger partial charge >= 0.3 is 6.18 Å². The topological polar surface area (TPSA) is 98.5 Å². The summed E-state index contributed by atoms with van der Waals surface area (Å²) >= 11 is 0. The predicted molar refractivity (Wildman–Crippen MR) is 95.9 cm³/mol. The van der Waals surface area contributed by atoms with Crippen LogP contribution < -0.4 is 10.5 Å². The quantitative estimate of drug-likeness (QED) is 0.725. The molecule has 0 aliphatic carbocycles. The lowest BCUT2D eigenvalue weighted by Crippen LogP contribution is -2.24. The second-order valence-corrected chi connectivity index (χ2v) is 7.69. The highest BCUT2D eigenvalue weighted by Gasteiger charge is 2.27. The average molecular weight is 416 g/mol. The van der Waals surface area contributed by atoms with E-state index >= 15 is 0 Å². The van der Waals surface area contributed by atoms with E-state index < -0.39 is 28.7 Å². The Hall–Kier alpha value is -2.43. The molecule has 0 bridgehead atoms. The molecular formula is C18H19F3N2O4S. The van der Waals surface area contributed by atoms with Gasteiger partial charge in [0.15, 0.2) is 0 Å². The van der Waals surface area contributed by atoms with Crippen molar-refractivity contribution < 1.29 is 31.1 Å². The van der Waals surface area contributed by atoms with Crippen molar-refractivity contribution in [3.05, 3.63) is 64.7 Å². The van der Waals surface area contributed by atoms with Crippen LogP contribution in [0.3, 0.4) is 0 Å². The van der Waals surface area contributed by atoms with E-state index in [4.69, 9.17) is 5.14 Å². The van der Waals surface area contributed by atoms with Crippen LogP contribution in [0.5, 0.6) is 0 Å². The number of halogens is 3. The molecule has 3 N–H and O–H groups in total. The Morgan fingerprint density at radius 3 is 2.29 bits per heavy atom. The maximum atomic E-state index is 12.3. The molecule has 0 aliphatic heterocycles. The Kier molecular flexibility index (Phi) is 6.81. The number of hydrogen-bond donors (Lipinski definition) is 2. The third-order valence-corrected chi connectivity index (χ3v) is 4.70. The van der Waals surface area contributed by atoms with E-state index in [1.807, 2.05) is 0 Å². The van der Waals surface area contributed by atoms with Crippen molar-refractivity contribution in [2.75, 3.05) is 6.61 Å². The van der Waals surface area contributed by atoms with Gasteiger partial charge in [-0.1, -0.05) is 30.3 Å². The molecule has 6 nitrogen and oxygen atoms in total. The molecule has 2 rings (SSSR count). The Labute approximate surface area is 160 Å². The van der Waals surface area contributed by atoms with Crippen LogP contribution in [0.25, 0.3) is 0 Å².